The maximum absolute atomic E-state index is 11.6. The first kappa shape index (κ1) is 26.7. The van der Waals surface area contributed by atoms with Crippen molar-refractivity contribution in [2.75, 3.05) is 21.3 Å². The summed E-state index contributed by atoms with van der Waals surface area (Å²) in [5.41, 5.74) is 4.18. The van der Waals surface area contributed by atoms with Crippen molar-refractivity contribution in [3.8, 4) is 50.6 Å². The van der Waals surface area contributed by atoms with Crippen molar-refractivity contribution in [3.63, 3.8) is 0 Å². The van der Waals surface area contributed by atoms with Gasteiger partial charge in [0.05, 0.1) is 21.3 Å². The van der Waals surface area contributed by atoms with Crippen LogP contribution in [0.3, 0.4) is 0 Å². The highest BCUT2D eigenvalue weighted by Gasteiger charge is 2.17. The lowest BCUT2D eigenvalue weighted by atomic mass is 9.92. The molecule has 4 aromatic carbocycles. The van der Waals surface area contributed by atoms with Crippen LogP contribution in [0.2, 0.25) is 0 Å². The summed E-state index contributed by atoms with van der Waals surface area (Å²) in [5, 5.41) is 28.4. The van der Waals surface area contributed by atoms with Crippen LogP contribution < -0.4 is 14.2 Å². The lowest BCUT2D eigenvalue weighted by Crippen LogP contribution is -2.01. The Morgan fingerprint density at radius 1 is 0.436 bits per heavy atom. The second kappa shape index (κ2) is 11.0. The molecule has 0 unspecified atom stereocenters. The van der Waals surface area contributed by atoms with Gasteiger partial charge in [-0.05, 0) is 88.0 Å². The summed E-state index contributed by atoms with van der Waals surface area (Å²) in [6.45, 7) is 0. The van der Waals surface area contributed by atoms with Crippen LogP contribution in [0.1, 0.15) is 31.1 Å². The lowest BCUT2D eigenvalue weighted by Gasteiger charge is -2.15. The summed E-state index contributed by atoms with van der Waals surface area (Å²) >= 11 is 0. The summed E-state index contributed by atoms with van der Waals surface area (Å²) in [4.78, 5) is 34.8. The van der Waals surface area contributed by atoms with Gasteiger partial charge in [0, 0.05) is 0 Å². The zero-order valence-corrected chi connectivity index (χ0v) is 21.2. The first-order valence-corrected chi connectivity index (χ1v) is 11.6. The second-order valence-electron chi connectivity index (χ2n) is 8.46. The predicted octanol–water partition coefficient (Wildman–Crippen LogP) is 5.81. The average molecular weight is 529 g/mol. The Labute approximate surface area is 223 Å². The number of carbonyl (C=O) groups is 3. The van der Waals surface area contributed by atoms with E-state index in [-0.39, 0.29) is 33.9 Å². The SMILES string of the molecule is COc1cc(-c2cc(-c3ccc(C(=O)O)c(OC)c3)cc(-c3ccc(C(=O)O)c(OC)c3)c2)ccc1C(=O)O. The minimum atomic E-state index is -1.12. The summed E-state index contributed by atoms with van der Waals surface area (Å²) in [5.74, 6) is -2.80. The Balaban J connectivity index is 1.96. The Hall–Kier alpha value is -5.31. The topological polar surface area (TPSA) is 140 Å². The Bertz CT molecular complexity index is 1400. The Morgan fingerprint density at radius 3 is 0.897 bits per heavy atom. The van der Waals surface area contributed by atoms with Crippen LogP contribution in [0.5, 0.6) is 17.2 Å². The standard InChI is InChI=1S/C30H24O9/c1-37-25-13-16(4-7-22(25)28(31)32)19-10-20(17-5-8-23(29(33)34)26(14-17)38-2)12-21(11-19)18-6-9-24(30(35)36)27(15-18)39-3/h4-15H,1-3H3,(H,31,32)(H,33,34)(H,35,36). The molecular formula is C30H24O9. The molecule has 0 atom stereocenters. The molecule has 39 heavy (non-hydrogen) atoms. The quantitative estimate of drug-likeness (QED) is 0.246. The van der Waals surface area contributed by atoms with Crippen molar-refractivity contribution < 1.29 is 43.9 Å². The highest BCUT2D eigenvalue weighted by Crippen LogP contribution is 2.37. The molecule has 0 saturated heterocycles. The maximum atomic E-state index is 11.6. The molecule has 0 aliphatic carbocycles. The summed E-state index contributed by atoms with van der Waals surface area (Å²) in [7, 11) is 4.17. The number of rotatable bonds is 9. The molecule has 0 aliphatic rings. The van der Waals surface area contributed by atoms with Crippen LogP contribution >= 0.6 is 0 Å². The van der Waals surface area contributed by atoms with Crippen molar-refractivity contribution in [3.05, 3.63) is 89.5 Å². The first-order valence-electron chi connectivity index (χ1n) is 11.6. The van der Waals surface area contributed by atoms with Crippen LogP contribution in [-0.4, -0.2) is 54.6 Å². The summed E-state index contributed by atoms with van der Waals surface area (Å²) in [6.07, 6.45) is 0. The highest BCUT2D eigenvalue weighted by atomic mass is 16.5. The number of carboxylic acids is 3. The van der Waals surface area contributed by atoms with Crippen LogP contribution in [0, 0.1) is 0 Å². The number of hydrogen-bond acceptors (Lipinski definition) is 6. The fourth-order valence-corrected chi connectivity index (χ4v) is 4.27. The number of ether oxygens (including phenoxy) is 3. The molecule has 4 aromatic rings. The molecule has 3 N–H and O–H groups in total. The highest BCUT2D eigenvalue weighted by molar-refractivity contribution is 5.94. The van der Waals surface area contributed by atoms with Crippen molar-refractivity contribution in [2.45, 2.75) is 0 Å². The normalized spacial score (nSPS) is 10.5. The molecule has 0 bridgehead atoms. The number of benzene rings is 4. The molecule has 0 radical (unpaired) electrons. The third kappa shape index (κ3) is 5.37. The third-order valence-corrected chi connectivity index (χ3v) is 6.23. The van der Waals surface area contributed by atoms with Gasteiger partial charge >= 0.3 is 17.9 Å². The van der Waals surface area contributed by atoms with Crippen molar-refractivity contribution >= 4 is 17.9 Å². The summed E-state index contributed by atoms with van der Waals surface area (Å²) in [6, 6.07) is 19.8. The predicted molar refractivity (Wildman–Crippen MR) is 143 cm³/mol. The van der Waals surface area contributed by atoms with Gasteiger partial charge in [0.25, 0.3) is 0 Å². The van der Waals surface area contributed by atoms with Gasteiger partial charge in [0.15, 0.2) is 0 Å². The molecular weight excluding hydrogens is 504 g/mol. The van der Waals surface area contributed by atoms with E-state index < -0.39 is 17.9 Å². The van der Waals surface area contributed by atoms with E-state index in [1.807, 2.05) is 18.2 Å². The van der Waals surface area contributed by atoms with Crippen LogP contribution in [0.15, 0.2) is 72.8 Å². The lowest BCUT2D eigenvalue weighted by molar-refractivity contribution is 0.0682. The molecule has 9 nitrogen and oxygen atoms in total. The van der Waals surface area contributed by atoms with Crippen molar-refractivity contribution in [2.24, 2.45) is 0 Å². The minimum Gasteiger partial charge on any atom is -0.496 e. The van der Waals surface area contributed by atoms with E-state index in [0.717, 1.165) is 0 Å². The smallest absolute Gasteiger partial charge is 0.339 e. The first-order chi connectivity index (χ1) is 18.7. The molecule has 0 fully saturated rings. The molecule has 9 heteroatoms. The number of methoxy groups -OCH3 is 3. The molecule has 4 rings (SSSR count). The van der Waals surface area contributed by atoms with E-state index in [4.69, 9.17) is 14.2 Å². The molecule has 198 valence electrons. The van der Waals surface area contributed by atoms with Gasteiger partial charge in [-0.1, -0.05) is 18.2 Å². The van der Waals surface area contributed by atoms with E-state index in [1.165, 1.54) is 39.5 Å². The molecule has 0 heterocycles. The van der Waals surface area contributed by atoms with Gasteiger partial charge in [-0.2, -0.15) is 0 Å². The fraction of sp³-hybridized carbons (Fsp3) is 0.100. The molecule has 0 aromatic heterocycles. The minimum absolute atomic E-state index is 0.0145. The van der Waals surface area contributed by atoms with E-state index >= 15 is 0 Å². The van der Waals surface area contributed by atoms with E-state index in [0.29, 0.717) is 33.4 Å². The van der Waals surface area contributed by atoms with Crippen LogP contribution in [0.4, 0.5) is 0 Å². The van der Waals surface area contributed by atoms with Crippen LogP contribution in [0.25, 0.3) is 33.4 Å². The van der Waals surface area contributed by atoms with Crippen LogP contribution in [-0.2, 0) is 0 Å². The zero-order chi connectivity index (χ0) is 28.3. The molecule has 0 amide bonds. The number of hydrogen-bond donors (Lipinski definition) is 3. The zero-order valence-electron chi connectivity index (χ0n) is 21.2. The van der Waals surface area contributed by atoms with Gasteiger partial charge in [0.2, 0.25) is 0 Å². The number of aromatic carboxylic acids is 3. The van der Waals surface area contributed by atoms with Crippen molar-refractivity contribution in [1.29, 1.82) is 0 Å². The number of carboxylic acid groups (broad SMARTS) is 3. The van der Waals surface area contributed by atoms with Gasteiger partial charge in [-0.25, -0.2) is 14.4 Å². The van der Waals surface area contributed by atoms with Gasteiger partial charge in [0.1, 0.15) is 33.9 Å². The second-order valence-corrected chi connectivity index (χ2v) is 8.46. The van der Waals surface area contributed by atoms with E-state index in [1.54, 1.807) is 36.4 Å². The fourth-order valence-electron chi connectivity index (χ4n) is 4.27. The monoisotopic (exact) mass is 528 g/mol. The van der Waals surface area contributed by atoms with E-state index in [9.17, 15) is 29.7 Å². The Morgan fingerprint density at radius 2 is 0.692 bits per heavy atom. The maximum Gasteiger partial charge on any atom is 0.339 e. The van der Waals surface area contributed by atoms with E-state index in [2.05, 4.69) is 0 Å². The summed E-state index contributed by atoms with van der Waals surface area (Å²) < 4.78 is 15.9. The third-order valence-electron chi connectivity index (χ3n) is 6.23. The average Bonchev–Trinajstić information content (AvgIpc) is 2.95. The van der Waals surface area contributed by atoms with Gasteiger partial charge < -0.3 is 29.5 Å². The Kier molecular flexibility index (Phi) is 7.53. The van der Waals surface area contributed by atoms with Gasteiger partial charge in [-0.15, -0.1) is 0 Å². The van der Waals surface area contributed by atoms with Crippen molar-refractivity contribution in [1.82, 2.24) is 0 Å². The molecule has 0 spiro atoms. The molecule has 0 aliphatic heterocycles. The largest absolute Gasteiger partial charge is 0.496 e. The molecule has 0 saturated carbocycles. The van der Waals surface area contributed by atoms with Gasteiger partial charge in [-0.3, -0.25) is 0 Å².